The Morgan fingerprint density at radius 3 is 2.12 bits per heavy atom. The topological polar surface area (TPSA) is 46.5 Å². The van der Waals surface area contributed by atoms with Crippen LogP contribution in [-0.4, -0.2) is 20.0 Å². The van der Waals surface area contributed by atoms with Gasteiger partial charge in [-0.2, -0.15) is 10.2 Å². The van der Waals surface area contributed by atoms with Gasteiger partial charge < -0.3 is 0 Å². The van der Waals surface area contributed by atoms with Crippen LogP contribution in [-0.2, 0) is 7.05 Å². The summed E-state index contributed by atoms with van der Waals surface area (Å²) in [6.45, 7) is 0. The average molecular weight is 480 g/mol. The van der Waals surface area contributed by atoms with Crippen LogP contribution in [0, 0.1) is 23.3 Å². The van der Waals surface area contributed by atoms with Gasteiger partial charge >= 0.3 is 0 Å². The molecule has 2 heterocycles. The van der Waals surface area contributed by atoms with E-state index in [2.05, 4.69) is 47.2 Å². The van der Waals surface area contributed by atoms with E-state index in [-0.39, 0.29) is 0 Å². The Hall–Kier alpha value is -1.94. The first-order valence-electron chi connectivity index (χ1n) is 6.73. The molecule has 0 radical (unpaired) electrons. The standard InChI is InChI=1S/C8H5BrF2N2.C7H3BrF2N2/c1-13-7-3-6(11)5(10)2-4(7)8(9)12-13;8-7-3-1-4(9)5(10)2-6(3)11-12-7/h2-3H,1H3;1-2H,(H,11,12). The second-order valence-electron chi connectivity index (χ2n) is 5.02. The first-order chi connectivity index (χ1) is 11.8. The maximum atomic E-state index is 12.8. The molecule has 4 aromatic rings. The van der Waals surface area contributed by atoms with Crippen molar-refractivity contribution in [2.75, 3.05) is 0 Å². The van der Waals surface area contributed by atoms with E-state index < -0.39 is 23.3 Å². The number of hydrogen-bond acceptors (Lipinski definition) is 2. The van der Waals surface area contributed by atoms with Crippen molar-refractivity contribution in [3.63, 3.8) is 0 Å². The van der Waals surface area contributed by atoms with Crippen LogP contribution in [0.25, 0.3) is 21.8 Å². The molecule has 0 aliphatic rings. The minimum atomic E-state index is -0.887. The molecular weight excluding hydrogens is 472 g/mol. The number of hydrogen-bond donors (Lipinski definition) is 1. The second kappa shape index (κ2) is 6.75. The smallest absolute Gasteiger partial charge is 0.161 e. The van der Waals surface area contributed by atoms with E-state index >= 15 is 0 Å². The molecule has 2 aromatic heterocycles. The maximum absolute atomic E-state index is 12.8. The zero-order chi connectivity index (χ0) is 18.3. The molecule has 4 rings (SSSR count). The molecule has 0 aliphatic carbocycles. The summed E-state index contributed by atoms with van der Waals surface area (Å²) < 4.78 is 53.5. The van der Waals surface area contributed by atoms with Gasteiger partial charge in [0, 0.05) is 30.0 Å². The van der Waals surface area contributed by atoms with Crippen molar-refractivity contribution in [3.8, 4) is 0 Å². The highest BCUT2D eigenvalue weighted by atomic mass is 79.9. The van der Waals surface area contributed by atoms with Crippen LogP contribution < -0.4 is 0 Å². The van der Waals surface area contributed by atoms with Crippen molar-refractivity contribution in [1.29, 1.82) is 0 Å². The number of nitrogens with zero attached hydrogens (tertiary/aromatic N) is 3. The Morgan fingerprint density at radius 2 is 1.44 bits per heavy atom. The minimum absolute atomic E-state index is 0.403. The van der Waals surface area contributed by atoms with Crippen molar-refractivity contribution in [1.82, 2.24) is 20.0 Å². The molecule has 10 heteroatoms. The molecule has 0 atom stereocenters. The predicted molar refractivity (Wildman–Crippen MR) is 92.0 cm³/mol. The lowest BCUT2D eigenvalue weighted by molar-refractivity contribution is 0.510. The third-order valence-corrected chi connectivity index (χ3v) is 4.59. The Morgan fingerprint density at radius 1 is 0.880 bits per heavy atom. The van der Waals surface area contributed by atoms with Gasteiger partial charge in [0.25, 0.3) is 0 Å². The number of benzene rings is 2. The van der Waals surface area contributed by atoms with E-state index in [1.165, 1.54) is 4.68 Å². The molecule has 1 N–H and O–H groups in total. The normalized spacial score (nSPS) is 11.0. The second-order valence-corrected chi connectivity index (χ2v) is 6.56. The molecule has 4 nitrogen and oxygen atoms in total. The largest absolute Gasteiger partial charge is 0.270 e. The molecule has 0 unspecified atom stereocenters. The molecule has 2 aromatic carbocycles. The summed E-state index contributed by atoms with van der Waals surface area (Å²) in [7, 11) is 1.67. The van der Waals surface area contributed by atoms with Crippen LogP contribution >= 0.6 is 31.9 Å². The fourth-order valence-electron chi connectivity index (χ4n) is 2.18. The predicted octanol–water partition coefficient (Wildman–Crippen LogP) is 5.22. The highest BCUT2D eigenvalue weighted by Gasteiger charge is 2.11. The van der Waals surface area contributed by atoms with E-state index in [4.69, 9.17) is 0 Å². The minimum Gasteiger partial charge on any atom is -0.270 e. The number of H-pyrrole nitrogens is 1. The molecule has 130 valence electrons. The Labute approximate surface area is 155 Å². The summed E-state index contributed by atoms with van der Waals surface area (Å²) in [6, 6.07) is 4.40. The Bertz CT molecular complexity index is 1050. The zero-order valence-corrected chi connectivity index (χ0v) is 15.6. The van der Waals surface area contributed by atoms with Crippen LogP contribution in [0.1, 0.15) is 0 Å². The highest BCUT2D eigenvalue weighted by Crippen LogP contribution is 2.25. The number of aromatic nitrogens is 4. The Balaban J connectivity index is 0.000000146. The van der Waals surface area contributed by atoms with Gasteiger partial charge in [0.15, 0.2) is 23.3 Å². The zero-order valence-electron chi connectivity index (χ0n) is 12.4. The lowest BCUT2D eigenvalue weighted by atomic mass is 10.2. The molecule has 0 bridgehead atoms. The number of rotatable bonds is 0. The van der Waals surface area contributed by atoms with Crippen molar-refractivity contribution in [3.05, 3.63) is 56.7 Å². The van der Waals surface area contributed by atoms with Crippen LogP contribution in [0.15, 0.2) is 33.5 Å². The lowest BCUT2D eigenvalue weighted by Crippen LogP contribution is -1.90. The van der Waals surface area contributed by atoms with E-state index in [1.807, 2.05) is 0 Å². The third-order valence-electron chi connectivity index (χ3n) is 3.40. The molecular formula is C15H8Br2F4N4. The van der Waals surface area contributed by atoms with Crippen LogP contribution in [0.4, 0.5) is 17.6 Å². The van der Waals surface area contributed by atoms with Gasteiger partial charge in [-0.05, 0) is 44.0 Å². The van der Waals surface area contributed by atoms with Gasteiger partial charge in [-0.1, -0.05) is 0 Å². The van der Waals surface area contributed by atoms with Gasteiger partial charge in [0.05, 0.1) is 11.0 Å². The summed E-state index contributed by atoms with van der Waals surface area (Å²) in [4.78, 5) is 0. The maximum Gasteiger partial charge on any atom is 0.161 e. The molecule has 0 saturated heterocycles. The van der Waals surface area contributed by atoms with Crippen molar-refractivity contribution < 1.29 is 17.6 Å². The van der Waals surface area contributed by atoms with Crippen LogP contribution in [0.3, 0.4) is 0 Å². The average Bonchev–Trinajstić information content (AvgIpc) is 3.03. The van der Waals surface area contributed by atoms with E-state index in [1.54, 1.807) is 7.05 Å². The van der Waals surface area contributed by atoms with Gasteiger partial charge in [-0.3, -0.25) is 9.78 Å². The summed E-state index contributed by atoms with van der Waals surface area (Å²) in [5.74, 6) is -3.48. The number of fused-ring (bicyclic) bond motifs is 2. The third kappa shape index (κ3) is 3.40. The van der Waals surface area contributed by atoms with Gasteiger partial charge in [0.2, 0.25) is 0 Å². The van der Waals surface area contributed by atoms with Crippen molar-refractivity contribution >= 4 is 53.7 Å². The molecule has 0 amide bonds. The van der Waals surface area contributed by atoms with Gasteiger partial charge in [0.1, 0.15) is 9.21 Å². The summed E-state index contributed by atoms with van der Waals surface area (Å²) in [5, 5.41) is 11.4. The molecule has 25 heavy (non-hydrogen) atoms. The number of aromatic amines is 1. The number of nitrogens with one attached hydrogen (secondary N) is 1. The SMILES string of the molecule is Cn1nc(Br)c2cc(F)c(F)cc21.Fc1cc2n[nH]c(Br)c2cc1F. The number of halogens is 6. The Kier molecular flexibility index (Phi) is 4.83. The lowest BCUT2D eigenvalue weighted by Gasteiger charge is -1.95. The summed E-state index contributed by atoms with van der Waals surface area (Å²) in [6.07, 6.45) is 0. The first kappa shape index (κ1) is 17.9. The van der Waals surface area contributed by atoms with Gasteiger partial charge in [-0.15, -0.1) is 0 Å². The highest BCUT2D eigenvalue weighted by molar-refractivity contribution is 9.10. The van der Waals surface area contributed by atoms with E-state index in [9.17, 15) is 17.6 Å². The molecule has 0 saturated carbocycles. The van der Waals surface area contributed by atoms with Crippen LogP contribution in [0.5, 0.6) is 0 Å². The molecule has 0 spiro atoms. The number of aryl methyl sites for hydroxylation is 1. The molecule has 0 aliphatic heterocycles. The summed E-state index contributed by atoms with van der Waals surface area (Å²) >= 11 is 6.27. The first-order valence-corrected chi connectivity index (χ1v) is 8.32. The van der Waals surface area contributed by atoms with E-state index in [0.717, 1.165) is 24.3 Å². The fraction of sp³-hybridized carbons (Fsp3) is 0.0667. The van der Waals surface area contributed by atoms with Crippen LogP contribution in [0.2, 0.25) is 0 Å². The molecule has 0 fully saturated rings. The monoisotopic (exact) mass is 478 g/mol. The van der Waals surface area contributed by atoms with Gasteiger partial charge in [-0.25, -0.2) is 17.6 Å². The quantitative estimate of drug-likeness (QED) is 0.351. The van der Waals surface area contributed by atoms with Crippen molar-refractivity contribution in [2.45, 2.75) is 0 Å². The summed E-state index contributed by atoms with van der Waals surface area (Å²) in [5.41, 5.74) is 0.964. The fourth-order valence-corrected chi connectivity index (χ4v) is 3.14. The van der Waals surface area contributed by atoms with Crippen molar-refractivity contribution in [2.24, 2.45) is 7.05 Å². The van der Waals surface area contributed by atoms with E-state index in [0.29, 0.717) is 31.0 Å².